The summed E-state index contributed by atoms with van der Waals surface area (Å²) in [6.07, 6.45) is 5.95. The molecule has 1 atom stereocenters. The molecule has 0 aliphatic carbocycles. The van der Waals surface area contributed by atoms with Crippen molar-refractivity contribution in [1.29, 1.82) is 0 Å². The van der Waals surface area contributed by atoms with Gasteiger partial charge in [0.25, 0.3) is 5.91 Å². The van der Waals surface area contributed by atoms with E-state index in [4.69, 9.17) is 34.7 Å². The number of likely N-dealkylation sites (tertiary alicyclic amines) is 1. The normalized spacial score (nSPS) is 17.8. The van der Waals surface area contributed by atoms with Crippen molar-refractivity contribution in [2.75, 3.05) is 12.3 Å². The number of nitrogens with two attached hydrogens (primary N) is 2. The third-order valence-corrected chi connectivity index (χ3v) is 5.24. The SMILES string of the molecule is Cc1cnc(C=C(N)[C@@H]2CCCCN2C(=O)c2cc(Cl)ccc2N)nc1Cl. The fraction of sp³-hybridized carbons (Fsp3) is 0.316. The fourth-order valence-corrected chi connectivity index (χ4v) is 3.45. The Morgan fingerprint density at radius 3 is 2.85 bits per heavy atom. The highest BCUT2D eigenvalue weighted by Gasteiger charge is 2.30. The molecule has 2 aromatic rings. The van der Waals surface area contributed by atoms with Gasteiger partial charge in [-0.05, 0) is 44.4 Å². The average molecular weight is 406 g/mol. The Bertz CT molecular complexity index is 900. The number of amides is 1. The van der Waals surface area contributed by atoms with E-state index < -0.39 is 0 Å². The zero-order valence-corrected chi connectivity index (χ0v) is 16.5. The first-order valence-corrected chi connectivity index (χ1v) is 9.44. The van der Waals surface area contributed by atoms with Crippen LogP contribution in [0.4, 0.5) is 5.69 Å². The molecule has 6 nitrogen and oxygen atoms in total. The van der Waals surface area contributed by atoms with Crippen LogP contribution in [0.2, 0.25) is 10.2 Å². The Labute approximate surface area is 168 Å². The van der Waals surface area contributed by atoms with Crippen LogP contribution in [0, 0.1) is 6.92 Å². The van der Waals surface area contributed by atoms with Gasteiger partial charge in [-0.15, -0.1) is 0 Å². The zero-order chi connectivity index (χ0) is 19.6. The standard InChI is InChI=1S/C19H21Cl2N5O/c1-11-10-24-17(25-18(11)21)9-15(23)16-4-2-3-7-26(16)19(27)13-8-12(20)5-6-14(13)22/h5-6,8-10,16H,2-4,7,22-23H2,1H3/t16-/m0/s1. The highest BCUT2D eigenvalue weighted by Crippen LogP contribution is 2.27. The Morgan fingerprint density at radius 2 is 2.11 bits per heavy atom. The van der Waals surface area contributed by atoms with E-state index in [1.54, 1.807) is 35.4 Å². The summed E-state index contributed by atoms with van der Waals surface area (Å²) in [7, 11) is 0. The largest absolute Gasteiger partial charge is 0.400 e. The van der Waals surface area contributed by atoms with Gasteiger partial charge >= 0.3 is 0 Å². The van der Waals surface area contributed by atoms with Crippen LogP contribution in [0.3, 0.4) is 0 Å². The Morgan fingerprint density at radius 1 is 1.33 bits per heavy atom. The summed E-state index contributed by atoms with van der Waals surface area (Å²) < 4.78 is 0. The van der Waals surface area contributed by atoms with Gasteiger partial charge in [-0.2, -0.15) is 0 Å². The molecule has 1 amide bonds. The molecule has 27 heavy (non-hydrogen) atoms. The molecule has 0 unspecified atom stereocenters. The maximum absolute atomic E-state index is 13.1. The molecule has 1 aliphatic heterocycles. The number of carbonyl (C=O) groups is 1. The first kappa shape index (κ1) is 19.5. The van der Waals surface area contributed by atoms with Gasteiger partial charge in [-0.1, -0.05) is 23.2 Å². The number of hydrogen-bond acceptors (Lipinski definition) is 5. The molecule has 1 aromatic heterocycles. The zero-order valence-electron chi connectivity index (χ0n) is 15.0. The number of aryl methyl sites for hydroxylation is 1. The van der Waals surface area contributed by atoms with Crippen LogP contribution in [0.25, 0.3) is 6.08 Å². The predicted molar refractivity (Wildman–Crippen MR) is 108 cm³/mol. The molecule has 142 valence electrons. The van der Waals surface area contributed by atoms with Crippen LogP contribution in [-0.2, 0) is 0 Å². The second-order valence-electron chi connectivity index (χ2n) is 6.59. The minimum Gasteiger partial charge on any atom is -0.400 e. The monoisotopic (exact) mass is 405 g/mol. The van der Waals surface area contributed by atoms with E-state index in [9.17, 15) is 4.79 Å². The third-order valence-electron chi connectivity index (χ3n) is 4.62. The third kappa shape index (κ3) is 4.34. The van der Waals surface area contributed by atoms with Crippen LogP contribution in [0.15, 0.2) is 30.1 Å². The number of aromatic nitrogens is 2. The summed E-state index contributed by atoms with van der Waals surface area (Å²) in [5, 5.41) is 0.847. The van der Waals surface area contributed by atoms with Gasteiger partial charge in [0.1, 0.15) is 5.15 Å². The first-order valence-electron chi connectivity index (χ1n) is 8.69. The van der Waals surface area contributed by atoms with Crippen molar-refractivity contribution in [3.63, 3.8) is 0 Å². The van der Waals surface area contributed by atoms with Crippen LogP contribution in [0.1, 0.15) is 41.0 Å². The lowest BCUT2D eigenvalue weighted by Gasteiger charge is -2.36. The molecular weight excluding hydrogens is 385 g/mol. The maximum atomic E-state index is 13.1. The molecular formula is C19H21Cl2N5O. The van der Waals surface area contributed by atoms with E-state index >= 15 is 0 Å². The van der Waals surface area contributed by atoms with E-state index in [0.717, 1.165) is 24.8 Å². The maximum Gasteiger partial charge on any atom is 0.256 e. The van der Waals surface area contributed by atoms with Crippen LogP contribution >= 0.6 is 23.2 Å². The fourth-order valence-electron chi connectivity index (χ4n) is 3.14. The number of halogens is 2. The number of piperidine rings is 1. The molecule has 8 heteroatoms. The lowest BCUT2D eigenvalue weighted by Crippen LogP contribution is -2.46. The molecule has 1 aromatic carbocycles. The van der Waals surface area contributed by atoms with Crippen molar-refractivity contribution in [2.24, 2.45) is 5.73 Å². The highest BCUT2D eigenvalue weighted by molar-refractivity contribution is 6.31. The number of anilines is 1. The molecule has 3 rings (SSSR count). The minimum absolute atomic E-state index is 0.182. The lowest BCUT2D eigenvalue weighted by atomic mass is 9.97. The van der Waals surface area contributed by atoms with Gasteiger partial charge < -0.3 is 16.4 Å². The topological polar surface area (TPSA) is 98.1 Å². The smallest absolute Gasteiger partial charge is 0.256 e. The van der Waals surface area contributed by atoms with Crippen molar-refractivity contribution < 1.29 is 4.79 Å². The van der Waals surface area contributed by atoms with Gasteiger partial charge in [0, 0.05) is 40.8 Å². The summed E-state index contributed by atoms with van der Waals surface area (Å²) in [5.41, 5.74) is 14.4. The Kier molecular flexibility index (Phi) is 5.87. The first-order chi connectivity index (χ1) is 12.9. The molecule has 1 saturated heterocycles. The molecule has 2 heterocycles. The number of carbonyl (C=O) groups excluding carboxylic acids is 1. The second-order valence-corrected chi connectivity index (χ2v) is 7.38. The van der Waals surface area contributed by atoms with Crippen LogP contribution < -0.4 is 11.5 Å². The molecule has 0 bridgehead atoms. The summed E-state index contributed by atoms with van der Waals surface area (Å²) in [5.74, 6) is 0.238. The van der Waals surface area contributed by atoms with Gasteiger partial charge in [0.2, 0.25) is 0 Å². The molecule has 1 aliphatic rings. The van der Waals surface area contributed by atoms with E-state index in [1.165, 1.54) is 0 Å². The number of nitrogens with zero attached hydrogens (tertiary/aromatic N) is 3. The van der Waals surface area contributed by atoms with Crippen molar-refractivity contribution in [3.05, 3.63) is 57.2 Å². The number of rotatable bonds is 3. The van der Waals surface area contributed by atoms with Crippen molar-refractivity contribution in [3.8, 4) is 0 Å². The average Bonchev–Trinajstić information content (AvgIpc) is 2.66. The summed E-state index contributed by atoms with van der Waals surface area (Å²) in [6.45, 7) is 2.43. The molecule has 1 fully saturated rings. The van der Waals surface area contributed by atoms with E-state index in [2.05, 4.69) is 9.97 Å². The lowest BCUT2D eigenvalue weighted by molar-refractivity contribution is 0.0653. The van der Waals surface area contributed by atoms with Gasteiger partial charge in [0.15, 0.2) is 5.82 Å². The van der Waals surface area contributed by atoms with Gasteiger partial charge in [-0.25, -0.2) is 9.97 Å². The van der Waals surface area contributed by atoms with E-state index in [0.29, 0.717) is 39.5 Å². The van der Waals surface area contributed by atoms with Gasteiger partial charge in [0.05, 0.1) is 11.6 Å². The van der Waals surface area contributed by atoms with E-state index in [-0.39, 0.29) is 11.9 Å². The van der Waals surface area contributed by atoms with Crippen molar-refractivity contribution in [2.45, 2.75) is 32.2 Å². The predicted octanol–water partition coefficient (Wildman–Crippen LogP) is 3.67. The Hall–Kier alpha value is -2.31. The van der Waals surface area contributed by atoms with Crippen molar-refractivity contribution in [1.82, 2.24) is 14.9 Å². The number of benzene rings is 1. The molecule has 0 radical (unpaired) electrons. The molecule has 0 spiro atoms. The summed E-state index contributed by atoms with van der Waals surface area (Å²) in [6, 6.07) is 4.63. The van der Waals surface area contributed by atoms with E-state index in [1.807, 2.05) is 6.92 Å². The van der Waals surface area contributed by atoms with Crippen LogP contribution in [0.5, 0.6) is 0 Å². The number of hydrogen-bond donors (Lipinski definition) is 2. The Balaban J connectivity index is 1.90. The molecule has 0 saturated carbocycles. The quantitative estimate of drug-likeness (QED) is 0.599. The summed E-state index contributed by atoms with van der Waals surface area (Å²) in [4.78, 5) is 23.3. The highest BCUT2D eigenvalue weighted by atomic mass is 35.5. The summed E-state index contributed by atoms with van der Waals surface area (Å²) >= 11 is 12.1. The van der Waals surface area contributed by atoms with Crippen molar-refractivity contribution >= 4 is 40.9 Å². The van der Waals surface area contributed by atoms with Gasteiger partial charge in [-0.3, -0.25) is 4.79 Å². The van der Waals surface area contributed by atoms with Crippen LogP contribution in [-0.4, -0.2) is 33.4 Å². The second kappa shape index (κ2) is 8.15. The molecule has 4 N–H and O–H groups in total. The minimum atomic E-state index is -0.256. The number of nitrogen functional groups attached to an aromatic ring is 1.